The number of benzene rings is 1. The molecule has 134 valence electrons. The predicted molar refractivity (Wildman–Crippen MR) is 89.0 cm³/mol. The van der Waals surface area contributed by atoms with E-state index >= 15 is 0 Å². The molecular weight excluding hydrogens is 333 g/mol. The third-order valence-electron chi connectivity index (χ3n) is 3.80. The number of hydrogen-bond donors (Lipinski definition) is 0. The summed E-state index contributed by atoms with van der Waals surface area (Å²) < 4.78 is 43.2. The fraction of sp³-hybridized carbons (Fsp3) is 0.588. The van der Waals surface area contributed by atoms with Gasteiger partial charge < -0.3 is 9.64 Å². The molecule has 1 aliphatic rings. The van der Waals surface area contributed by atoms with Gasteiger partial charge in [0.1, 0.15) is 11.4 Å². The normalized spacial score (nSPS) is 19.2. The second kappa shape index (κ2) is 7.09. The number of hydrogen-bond acceptors (Lipinski definition) is 4. The van der Waals surface area contributed by atoms with Gasteiger partial charge in [0.15, 0.2) is 9.84 Å². The van der Waals surface area contributed by atoms with E-state index in [1.165, 1.54) is 12.1 Å². The maximum atomic E-state index is 13.0. The molecule has 1 amide bonds. The summed E-state index contributed by atoms with van der Waals surface area (Å²) in [6.45, 7) is 6.32. The monoisotopic (exact) mass is 357 g/mol. The van der Waals surface area contributed by atoms with Crippen molar-refractivity contribution in [2.45, 2.75) is 44.1 Å². The van der Waals surface area contributed by atoms with Crippen molar-refractivity contribution in [1.29, 1.82) is 0 Å². The Morgan fingerprint density at radius 2 is 1.92 bits per heavy atom. The number of nitrogens with zero attached hydrogens (tertiary/aromatic N) is 1. The van der Waals surface area contributed by atoms with Crippen LogP contribution in [0.25, 0.3) is 0 Å². The minimum atomic E-state index is -3.51. The average molecular weight is 357 g/mol. The number of piperidine rings is 1. The molecule has 0 aliphatic carbocycles. The van der Waals surface area contributed by atoms with Crippen LogP contribution in [0.2, 0.25) is 0 Å². The first-order valence-electron chi connectivity index (χ1n) is 8.03. The third-order valence-corrected chi connectivity index (χ3v) is 5.70. The van der Waals surface area contributed by atoms with Crippen LogP contribution in [-0.4, -0.2) is 43.9 Å². The van der Waals surface area contributed by atoms with E-state index in [4.69, 9.17) is 4.74 Å². The lowest BCUT2D eigenvalue weighted by molar-refractivity contribution is 0.0176. The average Bonchev–Trinajstić information content (AvgIpc) is 2.45. The molecule has 7 heteroatoms. The maximum Gasteiger partial charge on any atom is 0.410 e. The zero-order valence-electron chi connectivity index (χ0n) is 14.3. The minimum absolute atomic E-state index is 0.0576. The zero-order chi connectivity index (χ0) is 18.0. The molecule has 5 nitrogen and oxygen atoms in total. The molecule has 0 N–H and O–H groups in total. The molecule has 1 atom stereocenters. The van der Waals surface area contributed by atoms with Crippen LogP contribution in [0.4, 0.5) is 9.18 Å². The van der Waals surface area contributed by atoms with Gasteiger partial charge in [-0.2, -0.15) is 0 Å². The van der Waals surface area contributed by atoms with Crippen LogP contribution in [0.15, 0.2) is 29.2 Å². The smallest absolute Gasteiger partial charge is 0.410 e. The van der Waals surface area contributed by atoms with Gasteiger partial charge in [0, 0.05) is 13.1 Å². The molecule has 0 saturated carbocycles. The van der Waals surface area contributed by atoms with E-state index in [-0.39, 0.29) is 16.6 Å². The van der Waals surface area contributed by atoms with Crippen LogP contribution < -0.4 is 0 Å². The van der Waals surface area contributed by atoms with Crippen molar-refractivity contribution in [2.75, 3.05) is 18.8 Å². The summed E-state index contributed by atoms with van der Waals surface area (Å²) in [6.07, 6.45) is 1.06. The molecule has 0 bridgehead atoms. The molecule has 1 heterocycles. The van der Waals surface area contributed by atoms with Gasteiger partial charge >= 0.3 is 6.09 Å². The molecule has 1 fully saturated rings. The van der Waals surface area contributed by atoms with Crippen molar-refractivity contribution in [2.24, 2.45) is 5.92 Å². The molecule has 0 radical (unpaired) electrons. The zero-order valence-corrected chi connectivity index (χ0v) is 15.1. The molecule has 0 aromatic heterocycles. The van der Waals surface area contributed by atoms with Gasteiger partial charge in [-0.05, 0) is 63.8 Å². The van der Waals surface area contributed by atoms with E-state index in [0.717, 1.165) is 25.0 Å². The second-order valence-corrected chi connectivity index (χ2v) is 9.20. The highest BCUT2D eigenvalue weighted by atomic mass is 32.2. The van der Waals surface area contributed by atoms with Crippen molar-refractivity contribution in [3.8, 4) is 0 Å². The summed E-state index contributed by atoms with van der Waals surface area (Å²) in [6, 6.07) is 4.83. The van der Waals surface area contributed by atoms with Crippen LogP contribution in [0.5, 0.6) is 0 Å². The van der Waals surface area contributed by atoms with Gasteiger partial charge in [0.05, 0.1) is 10.6 Å². The van der Waals surface area contributed by atoms with E-state index in [1.54, 1.807) is 25.7 Å². The van der Waals surface area contributed by atoms with Crippen molar-refractivity contribution in [3.63, 3.8) is 0 Å². The number of carbonyl (C=O) groups excluding carboxylic acids is 1. The first kappa shape index (κ1) is 18.7. The highest BCUT2D eigenvalue weighted by molar-refractivity contribution is 7.91. The van der Waals surface area contributed by atoms with Gasteiger partial charge in [-0.25, -0.2) is 17.6 Å². The Labute approximate surface area is 142 Å². The van der Waals surface area contributed by atoms with Gasteiger partial charge in [-0.1, -0.05) is 0 Å². The summed E-state index contributed by atoms with van der Waals surface area (Å²) in [5, 5.41) is 0. The topological polar surface area (TPSA) is 63.7 Å². The molecule has 0 unspecified atom stereocenters. The summed E-state index contributed by atoms with van der Waals surface area (Å²) in [5.74, 6) is -0.679. The number of carbonyl (C=O) groups is 1. The second-order valence-electron chi connectivity index (χ2n) is 7.17. The number of halogens is 1. The third kappa shape index (κ3) is 5.19. The van der Waals surface area contributed by atoms with Gasteiger partial charge in [-0.3, -0.25) is 0 Å². The van der Waals surface area contributed by atoms with Crippen molar-refractivity contribution < 1.29 is 22.3 Å². The number of amides is 1. The summed E-state index contributed by atoms with van der Waals surface area (Å²) >= 11 is 0. The highest BCUT2D eigenvalue weighted by Crippen LogP contribution is 2.23. The largest absolute Gasteiger partial charge is 0.444 e. The fourth-order valence-corrected chi connectivity index (χ4v) is 4.38. The van der Waals surface area contributed by atoms with E-state index in [0.29, 0.717) is 13.1 Å². The fourth-order valence-electron chi connectivity index (χ4n) is 2.74. The maximum absolute atomic E-state index is 13.0. The van der Waals surface area contributed by atoms with Crippen molar-refractivity contribution in [1.82, 2.24) is 4.90 Å². The summed E-state index contributed by atoms with van der Waals surface area (Å²) in [4.78, 5) is 13.8. The van der Waals surface area contributed by atoms with E-state index in [9.17, 15) is 17.6 Å². The molecule has 2 rings (SSSR count). The predicted octanol–water partition coefficient (Wildman–Crippen LogP) is 3.25. The van der Waals surface area contributed by atoms with Crippen LogP contribution in [0.1, 0.15) is 33.6 Å². The molecule has 1 aromatic carbocycles. The highest BCUT2D eigenvalue weighted by Gasteiger charge is 2.30. The van der Waals surface area contributed by atoms with Gasteiger partial charge in [0.2, 0.25) is 0 Å². The van der Waals surface area contributed by atoms with Crippen LogP contribution in [0, 0.1) is 11.7 Å². The Morgan fingerprint density at radius 3 is 2.50 bits per heavy atom. The molecule has 0 spiro atoms. The quantitative estimate of drug-likeness (QED) is 0.779. The molecule has 1 saturated heterocycles. The lowest BCUT2D eigenvalue weighted by Gasteiger charge is -2.34. The van der Waals surface area contributed by atoms with Gasteiger partial charge in [0.25, 0.3) is 0 Å². The van der Waals surface area contributed by atoms with Crippen molar-refractivity contribution >= 4 is 15.9 Å². The van der Waals surface area contributed by atoms with Crippen LogP contribution >= 0.6 is 0 Å². The molecule has 1 aromatic rings. The Morgan fingerprint density at radius 1 is 1.29 bits per heavy atom. The first-order chi connectivity index (χ1) is 11.1. The molecule has 24 heavy (non-hydrogen) atoms. The van der Waals surface area contributed by atoms with Crippen molar-refractivity contribution in [3.05, 3.63) is 30.1 Å². The van der Waals surface area contributed by atoms with Crippen LogP contribution in [-0.2, 0) is 14.6 Å². The Hall–Kier alpha value is -1.63. The molecule has 1 aliphatic heterocycles. The van der Waals surface area contributed by atoms with E-state index < -0.39 is 27.3 Å². The van der Waals surface area contributed by atoms with E-state index in [1.807, 2.05) is 0 Å². The molecular formula is C17H24FNO4S. The summed E-state index contributed by atoms with van der Waals surface area (Å²) in [7, 11) is -3.51. The van der Waals surface area contributed by atoms with Gasteiger partial charge in [-0.15, -0.1) is 0 Å². The Balaban J connectivity index is 2.02. The number of likely N-dealkylation sites (tertiary alicyclic amines) is 1. The Bertz CT molecular complexity index is 680. The lowest BCUT2D eigenvalue weighted by atomic mass is 10.0. The number of sulfone groups is 1. The number of ether oxygens (including phenoxy) is 1. The van der Waals surface area contributed by atoms with Crippen LogP contribution in [0.3, 0.4) is 0 Å². The summed E-state index contributed by atoms with van der Waals surface area (Å²) in [5.41, 5.74) is -0.579. The first-order valence-corrected chi connectivity index (χ1v) is 9.68. The lowest BCUT2D eigenvalue weighted by Crippen LogP contribution is -2.44. The number of rotatable bonds is 3. The van der Waals surface area contributed by atoms with E-state index in [2.05, 4.69) is 0 Å². The Kier molecular flexibility index (Phi) is 5.52. The SMILES string of the molecule is CC(C)(C)OC(=O)N1CCC[C@@H](CS(=O)(=O)c2ccc(F)cc2)C1. The minimum Gasteiger partial charge on any atom is -0.444 e. The standard InChI is InChI=1S/C17H24FNO4S/c1-17(2,3)23-16(20)19-10-4-5-13(11-19)12-24(21,22)15-8-6-14(18)7-9-15/h6-9,13H,4-5,10-12H2,1-3H3/t13-/m1/s1.